The normalized spacial score (nSPS) is 18.6. The lowest BCUT2D eigenvalue weighted by Gasteiger charge is -2.36. The molecule has 0 spiro atoms. The summed E-state index contributed by atoms with van der Waals surface area (Å²) < 4.78 is 32.1. The Balaban J connectivity index is 1.26. The lowest BCUT2D eigenvalue weighted by atomic mass is 10.2. The summed E-state index contributed by atoms with van der Waals surface area (Å²) in [4.78, 5) is 9.29. The van der Waals surface area contributed by atoms with Crippen molar-refractivity contribution in [1.82, 2.24) is 25.0 Å². The van der Waals surface area contributed by atoms with Crippen LogP contribution in [0.1, 0.15) is 24.1 Å². The fourth-order valence-corrected chi connectivity index (χ4v) is 4.76. The topological polar surface area (TPSA) is 103 Å². The van der Waals surface area contributed by atoms with E-state index in [1.54, 1.807) is 25.4 Å². The van der Waals surface area contributed by atoms with Crippen molar-refractivity contribution in [3.8, 4) is 0 Å². The van der Waals surface area contributed by atoms with Gasteiger partial charge in [-0.1, -0.05) is 17.3 Å². The molecule has 2 aromatic rings. The Morgan fingerprint density at radius 3 is 2.50 bits per heavy atom. The quantitative estimate of drug-likeness (QED) is 0.497. The summed E-state index contributed by atoms with van der Waals surface area (Å²) in [5.41, 5.74) is 1.95. The Morgan fingerprint density at radius 1 is 1.17 bits per heavy atom. The molecule has 0 atom stereocenters. The molecule has 162 valence electrons. The lowest BCUT2D eigenvalue weighted by Crippen LogP contribution is -2.52. The molecule has 0 unspecified atom stereocenters. The van der Waals surface area contributed by atoms with Gasteiger partial charge in [-0.15, -0.1) is 0 Å². The molecule has 0 radical (unpaired) electrons. The van der Waals surface area contributed by atoms with E-state index in [4.69, 9.17) is 4.52 Å². The van der Waals surface area contributed by atoms with Crippen LogP contribution < -0.4 is 10.0 Å². The number of nitrogens with one attached hydrogen (secondary N) is 2. The van der Waals surface area contributed by atoms with Crippen molar-refractivity contribution >= 4 is 16.0 Å². The molecule has 1 saturated heterocycles. The standard InChI is InChI=1S/C20H28N6O3S/c1-21-20(26-11-9-25(10-12-26)15-18-8-13-29-23-18)22-14-16-2-6-19(7-3-16)30(27,28)24-17-4-5-17/h2-3,6-8,13,17,24H,4-5,9-12,14-15H2,1H3,(H,21,22). The van der Waals surface area contributed by atoms with E-state index >= 15 is 0 Å². The summed E-state index contributed by atoms with van der Waals surface area (Å²) in [6.07, 6.45) is 3.45. The highest BCUT2D eigenvalue weighted by Gasteiger charge is 2.27. The van der Waals surface area contributed by atoms with Crippen LogP contribution in [0.5, 0.6) is 0 Å². The van der Waals surface area contributed by atoms with Gasteiger partial charge in [0, 0.05) is 58.4 Å². The van der Waals surface area contributed by atoms with Crippen LogP contribution in [0.3, 0.4) is 0 Å². The first-order chi connectivity index (χ1) is 14.5. The van der Waals surface area contributed by atoms with Gasteiger partial charge in [-0.05, 0) is 30.5 Å². The number of piperazine rings is 1. The average Bonchev–Trinajstić information content (AvgIpc) is 3.40. The fourth-order valence-electron chi connectivity index (χ4n) is 3.45. The second-order valence-corrected chi connectivity index (χ2v) is 9.41. The molecular weight excluding hydrogens is 404 g/mol. The monoisotopic (exact) mass is 432 g/mol. The highest BCUT2D eigenvalue weighted by Crippen LogP contribution is 2.22. The number of benzene rings is 1. The molecule has 2 fully saturated rings. The number of rotatable bonds is 7. The largest absolute Gasteiger partial charge is 0.364 e. The second-order valence-electron chi connectivity index (χ2n) is 7.69. The van der Waals surface area contributed by atoms with Crippen LogP contribution in [0.4, 0.5) is 0 Å². The summed E-state index contributed by atoms with van der Waals surface area (Å²) in [5.74, 6) is 0.850. The molecule has 1 aromatic carbocycles. The average molecular weight is 433 g/mol. The van der Waals surface area contributed by atoms with Crippen LogP contribution in [0.25, 0.3) is 0 Å². The smallest absolute Gasteiger partial charge is 0.240 e. The van der Waals surface area contributed by atoms with Crippen LogP contribution in [-0.4, -0.2) is 68.6 Å². The zero-order valence-electron chi connectivity index (χ0n) is 17.1. The summed E-state index contributed by atoms with van der Waals surface area (Å²) in [7, 11) is -1.63. The van der Waals surface area contributed by atoms with Crippen LogP contribution in [0.2, 0.25) is 0 Å². The number of guanidine groups is 1. The summed E-state index contributed by atoms with van der Waals surface area (Å²) in [5, 5.41) is 7.36. The highest BCUT2D eigenvalue weighted by atomic mass is 32.2. The van der Waals surface area contributed by atoms with Crippen LogP contribution in [0, 0.1) is 0 Å². The van der Waals surface area contributed by atoms with E-state index < -0.39 is 10.0 Å². The predicted molar refractivity (Wildman–Crippen MR) is 113 cm³/mol. The SMILES string of the molecule is CN=C(NCc1ccc(S(=O)(=O)NC2CC2)cc1)N1CCN(Cc2ccon2)CC1. The molecule has 1 saturated carbocycles. The molecule has 0 amide bonds. The first-order valence-electron chi connectivity index (χ1n) is 10.2. The van der Waals surface area contributed by atoms with Crippen molar-refractivity contribution in [2.75, 3.05) is 33.2 Å². The molecular formula is C20H28N6O3S. The Kier molecular flexibility index (Phi) is 6.35. The van der Waals surface area contributed by atoms with Gasteiger partial charge in [0.25, 0.3) is 0 Å². The van der Waals surface area contributed by atoms with Gasteiger partial charge < -0.3 is 14.7 Å². The first-order valence-corrected chi connectivity index (χ1v) is 11.7. The maximum absolute atomic E-state index is 12.3. The minimum Gasteiger partial charge on any atom is -0.364 e. The number of nitrogens with zero attached hydrogens (tertiary/aromatic N) is 4. The van der Waals surface area contributed by atoms with Crippen LogP contribution in [-0.2, 0) is 23.1 Å². The van der Waals surface area contributed by atoms with Crippen molar-refractivity contribution in [2.24, 2.45) is 4.99 Å². The molecule has 1 aliphatic heterocycles. The molecule has 0 bridgehead atoms. The minimum absolute atomic E-state index is 0.107. The van der Waals surface area contributed by atoms with Gasteiger partial charge in [0.1, 0.15) is 6.26 Å². The van der Waals surface area contributed by atoms with E-state index in [0.29, 0.717) is 11.4 Å². The first kappa shape index (κ1) is 20.8. The third kappa shape index (κ3) is 5.38. The summed E-state index contributed by atoms with van der Waals surface area (Å²) in [6.45, 7) is 4.98. The number of aromatic nitrogens is 1. The maximum Gasteiger partial charge on any atom is 0.240 e. The van der Waals surface area contributed by atoms with E-state index in [0.717, 1.165) is 62.8 Å². The molecule has 1 aliphatic carbocycles. The highest BCUT2D eigenvalue weighted by molar-refractivity contribution is 7.89. The number of sulfonamides is 1. The van der Waals surface area contributed by atoms with Crippen molar-refractivity contribution in [1.29, 1.82) is 0 Å². The summed E-state index contributed by atoms with van der Waals surface area (Å²) in [6, 6.07) is 9.01. The van der Waals surface area contributed by atoms with Gasteiger partial charge in [0.05, 0.1) is 10.6 Å². The van der Waals surface area contributed by atoms with E-state index in [9.17, 15) is 8.42 Å². The van der Waals surface area contributed by atoms with E-state index in [2.05, 4.69) is 30.0 Å². The van der Waals surface area contributed by atoms with Gasteiger partial charge in [0.2, 0.25) is 10.0 Å². The number of hydrogen-bond donors (Lipinski definition) is 2. The van der Waals surface area contributed by atoms with Crippen molar-refractivity contribution < 1.29 is 12.9 Å². The Labute approximate surface area is 177 Å². The maximum atomic E-state index is 12.3. The van der Waals surface area contributed by atoms with Gasteiger partial charge in [-0.25, -0.2) is 13.1 Å². The van der Waals surface area contributed by atoms with E-state index in [-0.39, 0.29) is 6.04 Å². The van der Waals surface area contributed by atoms with Gasteiger partial charge in [-0.3, -0.25) is 9.89 Å². The van der Waals surface area contributed by atoms with Crippen molar-refractivity contribution in [3.63, 3.8) is 0 Å². The molecule has 2 aliphatic rings. The Morgan fingerprint density at radius 2 is 1.90 bits per heavy atom. The van der Waals surface area contributed by atoms with Gasteiger partial charge in [-0.2, -0.15) is 0 Å². The van der Waals surface area contributed by atoms with Crippen LogP contribution >= 0.6 is 0 Å². The number of aliphatic imine (C=N–C) groups is 1. The molecule has 1 aromatic heterocycles. The second kappa shape index (κ2) is 9.15. The minimum atomic E-state index is -3.41. The molecule has 10 heteroatoms. The van der Waals surface area contributed by atoms with Crippen LogP contribution in [0.15, 0.2) is 51.0 Å². The van der Waals surface area contributed by atoms with E-state index in [1.807, 2.05) is 18.2 Å². The molecule has 9 nitrogen and oxygen atoms in total. The zero-order chi connectivity index (χ0) is 21.0. The predicted octanol–water partition coefficient (Wildman–Crippen LogP) is 1.01. The third-order valence-corrected chi connectivity index (χ3v) is 6.88. The van der Waals surface area contributed by atoms with Gasteiger partial charge in [0.15, 0.2) is 5.96 Å². The number of hydrogen-bond acceptors (Lipinski definition) is 6. The van der Waals surface area contributed by atoms with Gasteiger partial charge >= 0.3 is 0 Å². The van der Waals surface area contributed by atoms with Crippen molar-refractivity contribution in [3.05, 3.63) is 47.9 Å². The molecule has 4 rings (SSSR count). The van der Waals surface area contributed by atoms with E-state index in [1.165, 1.54) is 0 Å². The third-order valence-electron chi connectivity index (χ3n) is 5.34. The molecule has 30 heavy (non-hydrogen) atoms. The molecule has 2 heterocycles. The Bertz CT molecular complexity index is 947. The molecule has 2 N–H and O–H groups in total. The zero-order valence-corrected chi connectivity index (χ0v) is 17.9. The Hall–Kier alpha value is -2.43. The lowest BCUT2D eigenvalue weighted by molar-refractivity contribution is 0.169. The summed E-state index contributed by atoms with van der Waals surface area (Å²) >= 11 is 0. The van der Waals surface area contributed by atoms with Crippen molar-refractivity contribution in [2.45, 2.75) is 36.9 Å². The fraction of sp³-hybridized carbons (Fsp3) is 0.500.